The fraction of sp³-hybridized carbons (Fsp3) is 0.308. The van der Waals surface area contributed by atoms with Crippen LogP contribution in [0.5, 0.6) is 0 Å². The van der Waals surface area contributed by atoms with Gasteiger partial charge in [0.05, 0.1) is 6.61 Å². The Morgan fingerprint density at radius 2 is 2.05 bits per heavy atom. The van der Waals surface area contributed by atoms with E-state index < -0.39 is 30.0 Å². The van der Waals surface area contributed by atoms with E-state index in [1.165, 1.54) is 6.92 Å². The summed E-state index contributed by atoms with van der Waals surface area (Å²) in [4.78, 5) is 14.9. The summed E-state index contributed by atoms with van der Waals surface area (Å²) in [6.07, 6.45) is -5.51. The number of H-pyrrole nitrogens is 1. The minimum atomic E-state index is -4.65. The molecule has 1 unspecified atom stereocenters. The number of hydrogen-bond acceptors (Lipinski definition) is 4. The number of carbonyl (C=O) groups excluding carboxylic acids is 1. The third kappa shape index (κ3) is 4.29. The zero-order valence-electron chi connectivity index (χ0n) is 11.5. The van der Waals surface area contributed by atoms with Crippen LogP contribution in [0.1, 0.15) is 18.3 Å². The van der Waals surface area contributed by atoms with Crippen LogP contribution in [0.3, 0.4) is 0 Å². The molecule has 2 aromatic rings. The minimum absolute atomic E-state index is 0.206. The summed E-state index contributed by atoms with van der Waals surface area (Å²) >= 11 is 0. The van der Waals surface area contributed by atoms with Crippen LogP contribution in [-0.2, 0) is 22.3 Å². The molecule has 22 heavy (non-hydrogen) atoms. The Balaban J connectivity index is 1.87. The van der Waals surface area contributed by atoms with Gasteiger partial charge in [-0.25, -0.2) is 0 Å². The summed E-state index contributed by atoms with van der Waals surface area (Å²) in [5.41, 5.74) is 0.874. The zero-order chi connectivity index (χ0) is 16.2. The van der Waals surface area contributed by atoms with Crippen molar-refractivity contribution in [3.63, 3.8) is 0 Å². The highest BCUT2D eigenvalue weighted by Gasteiger charge is 2.35. The number of halogens is 3. The summed E-state index contributed by atoms with van der Waals surface area (Å²) in [5.74, 6) is -2.36. The lowest BCUT2D eigenvalue weighted by atomic mass is 10.2. The number of amides is 1. The molecule has 1 atom stereocenters. The van der Waals surface area contributed by atoms with Crippen LogP contribution < -0.4 is 5.32 Å². The molecule has 1 aromatic carbocycles. The molecule has 0 saturated heterocycles. The molecular formula is C13H13F3N4O2. The fourth-order valence-electron chi connectivity index (χ4n) is 1.53. The van der Waals surface area contributed by atoms with Crippen molar-refractivity contribution in [2.75, 3.05) is 5.32 Å². The van der Waals surface area contributed by atoms with E-state index in [4.69, 9.17) is 4.74 Å². The molecule has 9 heteroatoms. The van der Waals surface area contributed by atoms with Gasteiger partial charge in [0.2, 0.25) is 11.8 Å². The third-order valence-corrected chi connectivity index (χ3v) is 2.70. The van der Waals surface area contributed by atoms with Gasteiger partial charge in [0.25, 0.3) is 5.91 Å². The summed E-state index contributed by atoms with van der Waals surface area (Å²) in [7, 11) is 0. The summed E-state index contributed by atoms with van der Waals surface area (Å²) in [6, 6.07) is 9.16. The number of aromatic nitrogens is 3. The Bertz CT molecular complexity index is 628. The van der Waals surface area contributed by atoms with Crippen molar-refractivity contribution in [2.45, 2.75) is 25.8 Å². The molecule has 0 aliphatic heterocycles. The van der Waals surface area contributed by atoms with Crippen molar-refractivity contribution in [1.82, 2.24) is 15.2 Å². The summed E-state index contributed by atoms with van der Waals surface area (Å²) in [6.45, 7) is 1.69. The van der Waals surface area contributed by atoms with E-state index in [1.54, 1.807) is 5.10 Å². The van der Waals surface area contributed by atoms with E-state index in [-0.39, 0.29) is 6.61 Å². The highest BCUT2D eigenvalue weighted by Crippen LogP contribution is 2.26. The van der Waals surface area contributed by atoms with Gasteiger partial charge in [-0.3, -0.25) is 15.2 Å². The van der Waals surface area contributed by atoms with Crippen LogP contribution in [0.2, 0.25) is 0 Å². The number of aromatic amines is 1. The Kier molecular flexibility index (Phi) is 4.76. The first kappa shape index (κ1) is 16.0. The van der Waals surface area contributed by atoms with E-state index in [0.29, 0.717) is 0 Å². The number of nitrogens with zero attached hydrogens (tertiary/aromatic N) is 2. The van der Waals surface area contributed by atoms with Gasteiger partial charge in [-0.2, -0.15) is 18.2 Å². The molecule has 0 aliphatic carbocycles. The third-order valence-electron chi connectivity index (χ3n) is 2.70. The molecule has 1 aromatic heterocycles. The number of nitrogens with one attached hydrogen (secondary N) is 2. The molecule has 0 spiro atoms. The van der Waals surface area contributed by atoms with Crippen LogP contribution in [0, 0.1) is 0 Å². The lowest BCUT2D eigenvalue weighted by molar-refractivity contribution is -0.144. The molecule has 0 saturated carbocycles. The first-order valence-electron chi connectivity index (χ1n) is 6.32. The molecule has 0 aliphatic rings. The average molecular weight is 314 g/mol. The van der Waals surface area contributed by atoms with Gasteiger partial charge >= 0.3 is 6.18 Å². The molecule has 118 valence electrons. The van der Waals surface area contributed by atoms with Gasteiger partial charge in [0.15, 0.2) is 0 Å². The van der Waals surface area contributed by atoms with E-state index in [2.05, 4.69) is 15.4 Å². The standard InChI is InChI=1S/C13H13F3N4O2/c1-8(22-7-9-5-3-2-4-6-9)10(21)17-12-18-11(19-20-12)13(14,15)16/h2-6,8H,7H2,1H3,(H2,17,18,19,20,21). The monoisotopic (exact) mass is 314 g/mol. The van der Waals surface area contributed by atoms with Crippen LogP contribution in [0.15, 0.2) is 30.3 Å². The molecule has 2 N–H and O–H groups in total. The van der Waals surface area contributed by atoms with E-state index in [1.807, 2.05) is 30.3 Å². The van der Waals surface area contributed by atoms with Crippen molar-refractivity contribution in [1.29, 1.82) is 0 Å². The maximum atomic E-state index is 12.3. The van der Waals surface area contributed by atoms with E-state index in [9.17, 15) is 18.0 Å². The Labute approximate surface area is 123 Å². The number of hydrogen-bond donors (Lipinski definition) is 2. The Hall–Kier alpha value is -2.42. The topological polar surface area (TPSA) is 79.9 Å². The van der Waals surface area contributed by atoms with E-state index in [0.717, 1.165) is 5.56 Å². The fourth-order valence-corrected chi connectivity index (χ4v) is 1.53. The lowest BCUT2D eigenvalue weighted by Gasteiger charge is -2.11. The molecule has 0 radical (unpaired) electrons. The predicted octanol–water partition coefficient (Wildman–Crippen LogP) is 2.37. The first-order chi connectivity index (χ1) is 10.4. The Morgan fingerprint density at radius 3 is 2.64 bits per heavy atom. The molecule has 1 heterocycles. The van der Waals surface area contributed by atoms with Gasteiger partial charge in [0, 0.05) is 0 Å². The van der Waals surface area contributed by atoms with Crippen molar-refractivity contribution < 1.29 is 22.7 Å². The average Bonchev–Trinajstić information content (AvgIpc) is 2.94. The van der Waals surface area contributed by atoms with Gasteiger partial charge in [-0.15, -0.1) is 5.10 Å². The lowest BCUT2D eigenvalue weighted by Crippen LogP contribution is -2.28. The van der Waals surface area contributed by atoms with Crippen LogP contribution in [0.4, 0.5) is 19.1 Å². The number of anilines is 1. The van der Waals surface area contributed by atoms with Gasteiger partial charge in [-0.05, 0) is 12.5 Å². The number of rotatable bonds is 5. The predicted molar refractivity (Wildman–Crippen MR) is 70.7 cm³/mol. The number of ether oxygens (including phenoxy) is 1. The normalized spacial score (nSPS) is 12.9. The summed E-state index contributed by atoms with van der Waals surface area (Å²) < 4.78 is 42.3. The van der Waals surface area contributed by atoms with Crippen molar-refractivity contribution in [3.8, 4) is 0 Å². The molecule has 6 nitrogen and oxygen atoms in total. The zero-order valence-corrected chi connectivity index (χ0v) is 11.5. The largest absolute Gasteiger partial charge is 0.451 e. The molecule has 0 bridgehead atoms. The first-order valence-corrected chi connectivity index (χ1v) is 6.32. The maximum absolute atomic E-state index is 12.3. The molecule has 0 fully saturated rings. The van der Waals surface area contributed by atoms with Crippen molar-refractivity contribution >= 4 is 11.9 Å². The van der Waals surface area contributed by atoms with Gasteiger partial charge in [-0.1, -0.05) is 30.3 Å². The second-order valence-electron chi connectivity index (χ2n) is 4.43. The van der Waals surface area contributed by atoms with Crippen LogP contribution >= 0.6 is 0 Å². The summed E-state index contributed by atoms with van der Waals surface area (Å²) in [5, 5.41) is 7.14. The number of carbonyl (C=O) groups is 1. The number of benzene rings is 1. The number of alkyl halides is 3. The van der Waals surface area contributed by atoms with Crippen LogP contribution in [-0.4, -0.2) is 27.2 Å². The minimum Gasteiger partial charge on any atom is -0.364 e. The maximum Gasteiger partial charge on any atom is 0.451 e. The van der Waals surface area contributed by atoms with Crippen molar-refractivity contribution in [3.05, 3.63) is 41.7 Å². The quantitative estimate of drug-likeness (QED) is 0.888. The second-order valence-corrected chi connectivity index (χ2v) is 4.43. The molecule has 1 amide bonds. The van der Waals surface area contributed by atoms with E-state index >= 15 is 0 Å². The SMILES string of the molecule is CC(OCc1ccccc1)C(=O)Nc1n[nH]c(C(F)(F)F)n1. The van der Waals surface area contributed by atoms with Crippen molar-refractivity contribution in [2.24, 2.45) is 0 Å². The Morgan fingerprint density at radius 1 is 1.36 bits per heavy atom. The molecule has 2 rings (SSSR count). The van der Waals surface area contributed by atoms with Gasteiger partial charge in [0.1, 0.15) is 6.10 Å². The van der Waals surface area contributed by atoms with Crippen LogP contribution in [0.25, 0.3) is 0 Å². The van der Waals surface area contributed by atoms with Gasteiger partial charge < -0.3 is 4.74 Å². The highest BCUT2D eigenvalue weighted by atomic mass is 19.4. The second kappa shape index (κ2) is 6.56. The smallest absolute Gasteiger partial charge is 0.364 e. The highest BCUT2D eigenvalue weighted by molar-refractivity contribution is 5.92. The molecular weight excluding hydrogens is 301 g/mol.